The number of hydrogen-bond donors (Lipinski definition) is 0. The van der Waals surface area contributed by atoms with Crippen LogP contribution in [-0.2, 0) is 26.5 Å². The van der Waals surface area contributed by atoms with Gasteiger partial charge in [-0.2, -0.15) is 12.1 Å². The van der Waals surface area contributed by atoms with E-state index in [9.17, 15) is 0 Å². The van der Waals surface area contributed by atoms with Gasteiger partial charge in [-0.1, -0.05) is 92.3 Å². The van der Waals surface area contributed by atoms with Crippen LogP contribution >= 0.6 is 0 Å². The molecule has 0 atom stereocenters. The molecular weight excluding hydrogens is 922 g/mol. The van der Waals surface area contributed by atoms with Crippen molar-refractivity contribution >= 4 is 56.1 Å². The predicted molar refractivity (Wildman–Crippen MR) is 230 cm³/mol. The van der Waals surface area contributed by atoms with Crippen molar-refractivity contribution in [3.8, 4) is 51.6 Å². The predicted octanol–water partition coefficient (Wildman–Crippen LogP) is 8.96. The molecule has 0 bridgehead atoms. The van der Waals surface area contributed by atoms with Crippen LogP contribution in [0.15, 0.2) is 152 Å². The van der Waals surface area contributed by atoms with Crippen LogP contribution in [0.2, 0.25) is 0 Å². The Balaban J connectivity index is 0.00000388. The van der Waals surface area contributed by atoms with Gasteiger partial charge in [0.25, 0.3) is 13.0 Å². The average Bonchev–Trinajstić information content (AvgIpc) is 3.83. The first kappa shape index (κ1) is 35.1. The minimum Gasteiger partial charge on any atom is -0.510 e. The van der Waals surface area contributed by atoms with Crippen molar-refractivity contribution in [1.82, 2.24) is 14.1 Å². The summed E-state index contributed by atoms with van der Waals surface area (Å²) in [6, 6.07) is 57.0. The molecule has 0 N–H and O–H groups in total. The van der Waals surface area contributed by atoms with Gasteiger partial charge in [-0.25, -0.2) is 4.98 Å². The molecule has 6 heterocycles. The van der Waals surface area contributed by atoms with E-state index in [1.165, 1.54) is 5.56 Å². The van der Waals surface area contributed by atoms with Gasteiger partial charge in [0.15, 0.2) is 0 Å². The molecule has 0 fully saturated rings. The van der Waals surface area contributed by atoms with E-state index in [1.54, 1.807) is 0 Å². The molecule has 60 heavy (non-hydrogen) atoms. The number of nitrogens with zero attached hydrogens (tertiary/aromatic N) is 4. The van der Waals surface area contributed by atoms with Gasteiger partial charge in [0.1, 0.15) is 28.6 Å². The van der Waals surface area contributed by atoms with Crippen LogP contribution in [0.1, 0.15) is 25.0 Å². The molecule has 0 saturated carbocycles. The summed E-state index contributed by atoms with van der Waals surface area (Å²) in [6.07, 6.45) is 5.48. The van der Waals surface area contributed by atoms with Crippen LogP contribution < -0.4 is 35.2 Å². The molecule has 9 heteroatoms. The fraction of sp³-hybridized carbons (Fsp3) is 0.0588. The summed E-state index contributed by atoms with van der Waals surface area (Å²) >= 11 is 0. The van der Waals surface area contributed by atoms with E-state index in [-0.39, 0.29) is 33.2 Å². The molecule has 0 saturated heterocycles. The fourth-order valence-electron chi connectivity index (χ4n) is 9.68. The molecule has 13 rings (SSSR count). The smallest absolute Gasteiger partial charge is 0.268 e. The quantitative estimate of drug-likeness (QED) is 0.101. The van der Waals surface area contributed by atoms with Gasteiger partial charge in [0.05, 0.1) is 27.6 Å². The maximum atomic E-state index is 6.88. The van der Waals surface area contributed by atoms with Gasteiger partial charge in [-0.15, -0.1) is 35.9 Å². The number of benzene rings is 7. The third-order valence-corrected chi connectivity index (χ3v) is 12.3. The number of rotatable bonds is 4. The first-order valence-electron chi connectivity index (χ1n) is 19.8. The first-order valence-corrected chi connectivity index (χ1v) is 19.8. The van der Waals surface area contributed by atoms with Crippen LogP contribution in [0, 0.1) is 18.5 Å². The number of fused-ring (bicyclic) bond motifs is 10. The Morgan fingerprint density at radius 1 is 0.700 bits per heavy atom. The van der Waals surface area contributed by atoms with Gasteiger partial charge in [-0.3, -0.25) is 4.57 Å². The molecule has 10 aromatic rings. The number of ether oxygens (including phenoxy) is 3. The van der Waals surface area contributed by atoms with Crippen LogP contribution in [-0.4, -0.2) is 20.8 Å². The second-order valence-corrected chi connectivity index (χ2v) is 15.9. The molecule has 7 aromatic carbocycles. The second-order valence-electron chi connectivity index (χ2n) is 15.9. The van der Waals surface area contributed by atoms with Gasteiger partial charge in [-0.05, 0) is 64.0 Å². The Morgan fingerprint density at radius 3 is 2.28 bits per heavy atom. The molecular formula is C51H31BN4O3Pt-2. The Kier molecular flexibility index (Phi) is 7.49. The number of hydrogen-bond acceptors (Lipinski definition) is 4. The summed E-state index contributed by atoms with van der Waals surface area (Å²) in [5.74, 6) is 4.37. The molecule has 3 aliphatic heterocycles. The van der Waals surface area contributed by atoms with Gasteiger partial charge in [0.2, 0.25) is 0 Å². The average molecular weight is 954 g/mol. The van der Waals surface area contributed by atoms with E-state index in [1.807, 2.05) is 60.8 Å². The van der Waals surface area contributed by atoms with Crippen LogP contribution in [0.5, 0.6) is 34.5 Å². The molecule has 3 aromatic heterocycles. The van der Waals surface area contributed by atoms with Crippen molar-refractivity contribution in [2.45, 2.75) is 19.3 Å². The van der Waals surface area contributed by atoms with Crippen molar-refractivity contribution in [3.63, 3.8) is 0 Å². The number of para-hydroxylation sites is 4. The Morgan fingerprint density at radius 2 is 1.45 bits per heavy atom. The molecule has 0 spiro atoms. The van der Waals surface area contributed by atoms with E-state index in [4.69, 9.17) is 19.2 Å². The first-order chi connectivity index (χ1) is 29.0. The molecule has 0 amide bonds. The van der Waals surface area contributed by atoms with E-state index < -0.39 is 0 Å². The zero-order valence-electron chi connectivity index (χ0n) is 32.3. The summed E-state index contributed by atoms with van der Waals surface area (Å²) in [5.41, 5.74) is 12.0. The number of aromatic nitrogens is 4. The molecule has 288 valence electrons. The maximum absolute atomic E-state index is 6.88. The number of pyridine rings is 1. The van der Waals surface area contributed by atoms with E-state index in [2.05, 4.69) is 137 Å². The largest absolute Gasteiger partial charge is 0.510 e. The van der Waals surface area contributed by atoms with Crippen molar-refractivity contribution in [2.75, 3.05) is 0 Å². The number of imidazole rings is 1. The molecule has 0 aliphatic carbocycles. The Hall–Kier alpha value is -6.89. The third-order valence-electron chi connectivity index (χ3n) is 12.3. The summed E-state index contributed by atoms with van der Waals surface area (Å²) in [4.78, 5) is 4.95. The summed E-state index contributed by atoms with van der Waals surface area (Å²) in [7, 11) is 0. The van der Waals surface area contributed by atoms with E-state index in [0.717, 1.165) is 95.0 Å². The monoisotopic (exact) mass is 953 g/mol. The summed E-state index contributed by atoms with van der Waals surface area (Å²) < 4.78 is 26.6. The van der Waals surface area contributed by atoms with Crippen molar-refractivity contribution in [3.05, 3.63) is 181 Å². The topological polar surface area (TPSA) is 54.3 Å². The fourth-order valence-corrected chi connectivity index (χ4v) is 9.68. The third kappa shape index (κ3) is 4.82. The molecule has 7 nitrogen and oxygen atoms in total. The molecule has 0 unspecified atom stereocenters. The zero-order chi connectivity index (χ0) is 39.0. The van der Waals surface area contributed by atoms with Crippen LogP contribution in [0.3, 0.4) is 0 Å². The van der Waals surface area contributed by atoms with Crippen molar-refractivity contribution in [1.29, 1.82) is 0 Å². The van der Waals surface area contributed by atoms with Gasteiger partial charge >= 0.3 is 0 Å². The normalized spacial score (nSPS) is 13.7. The second kappa shape index (κ2) is 12.8. The minimum atomic E-state index is -0.272. The Bertz CT molecular complexity index is 3420. The molecule has 0 radical (unpaired) electrons. The van der Waals surface area contributed by atoms with Crippen LogP contribution in [0.25, 0.3) is 50.0 Å². The van der Waals surface area contributed by atoms with Gasteiger partial charge in [0, 0.05) is 55.7 Å². The SMILES string of the molecule is CC1(C)c2ccc(Oc3[c-]c(-n4c5cc6c7c(c5c5cccnc54)Oc4ccccc4B7c4ccccc4O6)ccc3)[c-]c2-n2[c-][n+](-c3ccccc3)c3cccc1c32.[Pt]. The Labute approximate surface area is 360 Å². The van der Waals surface area contributed by atoms with Gasteiger partial charge < -0.3 is 23.3 Å². The summed E-state index contributed by atoms with van der Waals surface area (Å²) in [5, 5.41) is 1.95. The van der Waals surface area contributed by atoms with Crippen molar-refractivity contribution in [2.24, 2.45) is 0 Å². The van der Waals surface area contributed by atoms with Crippen molar-refractivity contribution < 1.29 is 39.8 Å². The zero-order valence-corrected chi connectivity index (χ0v) is 34.6. The van der Waals surface area contributed by atoms with E-state index in [0.29, 0.717) is 11.5 Å². The summed E-state index contributed by atoms with van der Waals surface area (Å²) in [6.45, 7) is 4.51. The standard InChI is InChI=1S/C51H31BN4O3.Pt/c1-51(2)36-25-24-34(28-41(36)55-30-54(31-13-4-3-5-14-31)40-21-11-18-37(51)48(40)55)57-33-16-10-15-32(27-33)56-42-29-45-47-49(46(42)35-17-12-26-53-50(35)56)59-44-23-9-7-20-39(44)52(47)38-19-6-8-22-43(38)58-45;/h3-26,29H,1-2H3;/q-2;. The maximum Gasteiger partial charge on any atom is 0.268 e. The van der Waals surface area contributed by atoms with E-state index >= 15 is 0 Å². The molecule has 3 aliphatic rings. The van der Waals surface area contributed by atoms with Crippen LogP contribution in [0.4, 0.5) is 0 Å². The minimum absolute atomic E-state index is 0.